The summed E-state index contributed by atoms with van der Waals surface area (Å²) < 4.78 is 36.6. The summed E-state index contributed by atoms with van der Waals surface area (Å²) in [6, 6.07) is 5.24. The maximum atomic E-state index is 11.9. The Labute approximate surface area is 125 Å². The van der Waals surface area contributed by atoms with E-state index in [-0.39, 0.29) is 18.2 Å². The van der Waals surface area contributed by atoms with Gasteiger partial charge in [0.1, 0.15) is 11.5 Å². The molecule has 0 heterocycles. The van der Waals surface area contributed by atoms with Crippen LogP contribution in [-0.4, -0.2) is 34.3 Å². The fourth-order valence-electron chi connectivity index (χ4n) is 1.66. The Morgan fingerprint density at radius 2 is 2.00 bits per heavy atom. The van der Waals surface area contributed by atoms with E-state index >= 15 is 0 Å². The smallest absolute Gasteiger partial charge is 0.212 e. The predicted molar refractivity (Wildman–Crippen MR) is 80.1 cm³/mol. The first-order chi connectivity index (χ1) is 9.41. The van der Waals surface area contributed by atoms with Gasteiger partial charge in [0.25, 0.3) is 0 Å². The number of hydrogen-bond donors (Lipinski definition) is 1. The van der Waals surface area contributed by atoms with Crippen LogP contribution < -0.4 is 14.2 Å². The molecule has 7 heteroatoms. The zero-order valence-electron chi connectivity index (χ0n) is 11.8. The Hall–Kier alpha value is -0.980. The summed E-state index contributed by atoms with van der Waals surface area (Å²) in [6.45, 7) is 1.96. The van der Waals surface area contributed by atoms with Gasteiger partial charge in [0.15, 0.2) is 0 Å². The standard InChI is InChI=1S/C13H20ClNO4S/c1-10(7-14)9-20(16,17)15-8-11-4-5-12(18-2)6-13(11)19-3/h4-6,10,15H,7-9H2,1-3H3. The first-order valence-electron chi connectivity index (χ1n) is 6.16. The van der Waals surface area contributed by atoms with Gasteiger partial charge in [0, 0.05) is 24.1 Å². The summed E-state index contributed by atoms with van der Waals surface area (Å²) in [5, 5.41) is 0. The van der Waals surface area contributed by atoms with Crippen molar-refractivity contribution in [2.45, 2.75) is 13.5 Å². The number of benzene rings is 1. The van der Waals surface area contributed by atoms with Crippen LogP contribution in [0.15, 0.2) is 18.2 Å². The highest BCUT2D eigenvalue weighted by molar-refractivity contribution is 7.89. The van der Waals surface area contributed by atoms with Gasteiger partial charge in [-0.3, -0.25) is 0 Å². The molecule has 1 atom stereocenters. The molecule has 20 heavy (non-hydrogen) atoms. The van der Waals surface area contributed by atoms with Crippen molar-refractivity contribution in [1.82, 2.24) is 4.72 Å². The summed E-state index contributed by atoms with van der Waals surface area (Å²) in [5.41, 5.74) is 0.746. The summed E-state index contributed by atoms with van der Waals surface area (Å²) in [6.07, 6.45) is 0. The molecule has 0 saturated heterocycles. The van der Waals surface area contributed by atoms with Crippen LogP contribution in [-0.2, 0) is 16.6 Å². The van der Waals surface area contributed by atoms with Gasteiger partial charge in [-0.15, -0.1) is 11.6 Å². The van der Waals surface area contributed by atoms with Crippen molar-refractivity contribution in [2.75, 3.05) is 25.9 Å². The van der Waals surface area contributed by atoms with Crippen molar-refractivity contribution in [3.8, 4) is 11.5 Å². The van der Waals surface area contributed by atoms with E-state index in [1.807, 2.05) is 0 Å². The fraction of sp³-hybridized carbons (Fsp3) is 0.538. The minimum atomic E-state index is -3.35. The first kappa shape index (κ1) is 17.1. The molecule has 0 fully saturated rings. The third-order valence-corrected chi connectivity index (χ3v) is 4.86. The van der Waals surface area contributed by atoms with E-state index in [1.54, 1.807) is 32.2 Å². The van der Waals surface area contributed by atoms with E-state index in [9.17, 15) is 8.42 Å². The Bertz CT molecular complexity index is 533. The molecule has 1 rings (SSSR count). The zero-order valence-corrected chi connectivity index (χ0v) is 13.4. The molecule has 1 N–H and O–H groups in total. The number of nitrogens with one attached hydrogen (secondary N) is 1. The van der Waals surface area contributed by atoms with Crippen LogP contribution in [0.1, 0.15) is 12.5 Å². The Balaban J connectivity index is 2.74. The highest BCUT2D eigenvalue weighted by Gasteiger charge is 2.16. The second kappa shape index (κ2) is 7.71. The van der Waals surface area contributed by atoms with Gasteiger partial charge in [-0.05, 0) is 12.0 Å². The van der Waals surface area contributed by atoms with Crippen LogP contribution in [0.2, 0.25) is 0 Å². The fourth-order valence-corrected chi connectivity index (χ4v) is 3.26. The maximum Gasteiger partial charge on any atom is 0.212 e. The van der Waals surface area contributed by atoms with Gasteiger partial charge in [0.05, 0.1) is 20.0 Å². The van der Waals surface area contributed by atoms with Gasteiger partial charge >= 0.3 is 0 Å². The number of alkyl halides is 1. The normalized spacial score (nSPS) is 13.0. The van der Waals surface area contributed by atoms with E-state index in [0.717, 1.165) is 5.56 Å². The number of ether oxygens (including phenoxy) is 2. The van der Waals surface area contributed by atoms with Crippen LogP contribution >= 0.6 is 11.6 Å². The highest BCUT2D eigenvalue weighted by Crippen LogP contribution is 2.24. The molecule has 1 aromatic carbocycles. The van der Waals surface area contributed by atoms with Crippen LogP contribution in [0.5, 0.6) is 11.5 Å². The predicted octanol–water partition coefficient (Wildman–Crippen LogP) is 2.00. The monoisotopic (exact) mass is 321 g/mol. The van der Waals surface area contributed by atoms with Crippen LogP contribution in [0.3, 0.4) is 0 Å². The summed E-state index contributed by atoms with van der Waals surface area (Å²) in [4.78, 5) is 0. The van der Waals surface area contributed by atoms with Crippen LogP contribution in [0.25, 0.3) is 0 Å². The molecule has 0 amide bonds. The summed E-state index contributed by atoms with van der Waals surface area (Å²) in [7, 11) is -0.263. The zero-order chi connectivity index (χ0) is 15.2. The molecule has 0 bridgehead atoms. The Morgan fingerprint density at radius 3 is 2.55 bits per heavy atom. The second-order valence-electron chi connectivity index (χ2n) is 4.54. The lowest BCUT2D eigenvalue weighted by molar-refractivity contribution is 0.390. The SMILES string of the molecule is COc1ccc(CNS(=O)(=O)CC(C)CCl)c(OC)c1. The van der Waals surface area contributed by atoms with E-state index in [0.29, 0.717) is 17.4 Å². The Kier molecular flexibility index (Phi) is 6.58. The van der Waals surface area contributed by atoms with Crippen molar-refractivity contribution >= 4 is 21.6 Å². The molecule has 0 aliphatic carbocycles. The quantitative estimate of drug-likeness (QED) is 0.744. The highest BCUT2D eigenvalue weighted by atomic mass is 35.5. The average molecular weight is 322 g/mol. The van der Waals surface area contributed by atoms with Gasteiger partial charge in [0.2, 0.25) is 10.0 Å². The minimum absolute atomic E-state index is 0.00890. The molecule has 0 aliphatic heterocycles. The summed E-state index contributed by atoms with van der Waals surface area (Å²) in [5.74, 6) is 1.47. The third-order valence-electron chi connectivity index (χ3n) is 2.74. The second-order valence-corrected chi connectivity index (χ2v) is 6.70. The van der Waals surface area contributed by atoms with Gasteiger partial charge in [-0.2, -0.15) is 0 Å². The maximum absolute atomic E-state index is 11.9. The van der Waals surface area contributed by atoms with Crippen LogP contribution in [0, 0.1) is 5.92 Å². The van der Waals surface area contributed by atoms with Crippen molar-refractivity contribution in [2.24, 2.45) is 5.92 Å². The van der Waals surface area contributed by atoms with E-state index in [1.165, 1.54) is 7.11 Å². The molecule has 114 valence electrons. The number of methoxy groups -OCH3 is 2. The molecule has 0 aromatic heterocycles. The van der Waals surface area contributed by atoms with Gasteiger partial charge in [-0.25, -0.2) is 13.1 Å². The lowest BCUT2D eigenvalue weighted by Gasteiger charge is -2.13. The van der Waals surface area contributed by atoms with E-state index in [4.69, 9.17) is 21.1 Å². The topological polar surface area (TPSA) is 64.6 Å². The molecular formula is C13H20ClNO4S. The molecule has 0 radical (unpaired) electrons. The number of rotatable bonds is 8. The van der Waals surface area contributed by atoms with E-state index in [2.05, 4.69) is 4.72 Å². The van der Waals surface area contributed by atoms with Crippen molar-refractivity contribution in [1.29, 1.82) is 0 Å². The minimum Gasteiger partial charge on any atom is -0.497 e. The first-order valence-corrected chi connectivity index (χ1v) is 8.34. The van der Waals surface area contributed by atoms with Crippen LogP contribution in [0.4, 0.5) is 0 Å². The molecular weight excluding hydrogens is 302 g/mol. The molecule has 0 saturated carbocycles. The van der Waals surface area contributed by atoms with Gasteiger partial charge in [-0.1, -0.05) is 13.0 Å². The molecule has 0 aliphatic rings. The molecule has 0 spiro atoms. The number of sulfonamides is 1. The lowest BCUT2D eigenvalue weighted by Crippen LogP contribution is -2.29. The van der Waals surface area contributed by atoms with Crippen molar-refractivity contribution in [3.05, 3.63) is 23.8 Å². The molecule has 1 aromatic rings. The summed E-state index contributed by atoms with van der Waals surface area (Å²) >= 11 is 5.63. The lowest BCUT2D eigenvalue weighted by atomic mass is 10.2. The average Bonchev–Trinajstić information content (AvgIpc) is 2.44. The van der Waals surface area contributed by atoms with Crippen molar-refractivity contribution < 1.29 is 17.9 Å². The van der Waals surface area contributed by atoms with Gasteiger partial charge < -0.3 is 9.47 Å². The Morgan fingerprint density at radius 1 is 1.30 bits per heavy atom. The third kappa shape index (κ3) is 5.19. The number of halogens is 1. The van der Waals surface area contributed by atoms with E-state index < -0.39 is 10.0 Å². The number of hydrogen-bond acceptors (Lipinski definition) is 4. The molecule has 1 unspecified atom stereocenters. The largest absolute Gasteiger partial charge is 0.497 e. The molecule has 5 nitrogen and oxygen atoms in total. The van der Waals surface area contributed by atoms with Crippen molar-refractivity contribution in [3.63, 3.8) is 0 Å².